The molecule has 0 unspecified atom stereocenters. The lowest BCUT2D eigenvalue weighted by Crippen LogP contribution is -2.34. The van der Waals surface area contributed by atoms with Crippen molar-refractivity contribution >= 4 is 5.91 Å². The van der Waals surface area contributed by atoms with Crippen LogP contribution in [0.1, 0.15) is 85.5 Å². The molecular formula is C25H32N2O2. The number of nitriles is 1. The Bertz CT molecular complexity index is 960. The zero-order valence-corrected chi connectivity index (χ0v) is 18.6. The molecule has 1 aliphatic rings. The van der Waals surface area contributed by atoms with Crippen LogP contribution in [-0.2, 0) is 17.3 Å². The monoisotopic (exact) mass is 392 g/mol. The molecule has 0 aliphatic heterocycles. The van der Waals surface area contributed by atoms with Gasteiger partial charge in [0.2, 0.25) is 0 Å². The van der Waals surface area contributed by atoms with Crippen molar-refractivity contribution in [3.05, 3.63) is 58.0 Å². The summed E-state index contributed by atoms with van der Waals surface area (Å²) in [6.07, 6.45) is 3.37. The summed E-state index contributed by atoms with van der Waals surface area (Å²) in [7, 11) is 1.69. The second kappa shape index (κ2) is 7.71. The lowest BCUT2D eigenvalue weighted by atomic mass is 9.62. The van der Waals surface area contributed by atoms with Crippen molar-refractivity contribution < 1.29 is 9.21 Å². The van der Waals surface area contributed by atoms with Crippen LogP contribution in [0.2, 0.25) is 0 Å². The first-order chi connectivity index (χ1) is 13.5. The second-order valence-corrected chi connectivity index (χ2v) is 9.67. The summed E-state index contributed by atoms with van der Waals surface area (Å²) in [5.41, 5.74) is 5.79. The van der Waals surface area contributed by atoms with Crippen molar-refractivity contribution in [1.29, 1.82) is 5.26 Å². The van der Waals surface area contributed by atoms with Crippen LogP contribution in [0.5, 0.6) is 0 Å². The molecule has 0 bridgehead atoms. The average Bonchev–Trinajstić information content (AvgIpc) is 3.12. The first-order valence-electron chi connectivity index (χ1n) is 10.4. The van der Waals surface area contributed by atoms with Gasteiger partial charge in [0.25, 0.3) is 5.91 Å². The molecule has 4 heteroatoms. The van der Waals surface area contributed by atoms with Crippen LogP contribution < -0.4 is 0 Å². The van der Waals surface area contributed by atoms with Gasteiger partial charge in [0, 0.05) is 20.0 Å². The van der Waals surface area contributed by atoms with E-state index in [4.69, 9.17) is 9.68 Å². The van der Waals surface area contributed by atoms with Gasteiger partial charge in [-0.2, -0.15) is 5.26 Å². The largest absolute Gasteiger partial charge is 0.456 e. The highest BCUT2D eigenvalue weighted by molar-refractivity contribution is 5.91. The van der Waals surface area contributed by atoms with Crippen molar-refractivity contribution in [1.82, 2.24) is 4.90 Å². The number of fused-ring (bicyclic) bond motifs is 1. The standard InChI is InChI=1S/C25H32N2O2/c1-17-14-20-21(25(4,5)11-10-24(20,2)3)16-18(17)15-19-8-9-22(29-19)23(28)27(6)13-7-12-26/h8-9,14,16H,7,10-11,13,15H2,1-6H3. The van der Waals surface area contributed by atoms with Crippen LogP contribution in [0.4, 0.5) is 0 Å². The first-order valence-corrected chi connectivity index (χ1v) is 10.4. The van der Waals surface area contributed by atoms with Gasteiger partial charge in [-0.05, 0) is 65.0 Å². The Labute approximate surface area is 174 Å². The van der Waals surface area contributed by atoms with Crippen LogP contribution in [-0.4, -0.2) is 24.4 Å². The van der Waals surface area contributed by atoms with Crippen LogP contribution in [0.3, 0.4) is 0 Å². The van der Waals surface area contributed by atoms with E-state index < -0.39 is 0 Å². The van der Waals surface area contributed by atoms with E-state index in [9.17, 15) is 4.79 Å². The maximum absolute atomic E-state index is 12.5. The zero-order valence-electron chi connectivity index (χ0n) is 18.6. The first kappa shape index (κ1) is 21.2. The zero-order chi connectivity index (χ0) is 21.4. The molecule has 0 radical (unpaired) electrons. The quantitative estimate of drug-likeness (QED) is 0.674. The van der Waals surface area contributed by atoms with Crippen molar-refractivity contribution in [3.8, 4) is 6.07 Å². The van der Waals surface area contributed by atoms with E-state index in [1.807, 2.05) is 6.07 Å². The van der Waals surface area contributed by atoms with Gasteiger partial charge in [-0.1, -0.05) is 39.8 Å². The number of carbonyl (C=O) groups excluding carboxylic acids is 1. The Morgan fingerprint density at radius 1 is 1.14 bits per heavy atom. The Balaban J connectivity index is 1.86. The third-order valence-electron chi connectivity index (χ3n) is 6.45. The normalized spacial score (nSPS) is 16.7. The SMILES string of the molecule is Cc1cc2c(cc1Cc1ccc(C(=O)N(C)CCC#N)o1)C(C)(C)CCC2(C)C. The molecule has 4 nitrogen and oxygen atoms in total. The third-order valence-corrected chi connectivity index (χ3v) is 6.45. The molecule has 0 N–H and O–H groups in total. The summed E-state index contributed by atoms with van der Waals surface area (Å²) >= 11 is 0. The predicted molar refractivity (Wildman–Crippen MR) is 115 cm³/mol. The van der Waals surface area contributed by atoms with E-state index in [0.29, 0.717) is 25.1 Å². The molecule has 2 aromatic rings. The van der Waals surface area contributed by atoms with E-state index in [-0.39, 0.29) is 16.7 Å². The molecule has 1 aromatic heterocycles. The fraction of sp³-hybridized carbons (Fsp3) is 0.520. The van der Waals surface area contributed by atoms with Gasteiger partial charge in [-0.3, -0.25) is 4.79 Å². The number of hydrogen-bond acceptors (Lipinski definition) is 3. The molecule has 0 fully saturated rings. The Morgan fingerprint density at radius 2 is 1.76 bits per heavy atom. The van der Waals surface area contributed by atoms with Gasteiger partial charge in [0.15, 0.2) is 5.76 Å². The highest BCUT2D eigenvalue weighted by Crippen LogP contribution is 2.46. The summed E-state index contributed by atoms with van der Waals surface area (Å²) in [5, 5.41) is 8.70. The summed E-state index contributed by atoms with van der Waals surface area (Å²) in [6, 6.07) is 10.4. The fourth-order valence-electron chi connectivity index (χ4n) is 4.24. The average molecular weight is 393 g/mol. The van der Waals surface area contributed by atoms with Crippen molar-refractivity contribution in [2.24, 2.45) is 0 Å². The van der Waals surface area contributed by atoms with Crippen LogP contribution in [0.25, 0.3) is 0 Å². The van der Waals surface area contributed by atoms with Gasteiger partial charge < -0.3 is 9.32 Å². The highest BCUT2D eigenvalue weighted by atomic mass is 16.4. The summed E-state index contributed by atoms with van der Waals surface area (Å²) in [6.45, 7) is 11.9. The molecule has 29 heavy (non-hydrogen) atoms. The molecule has 1 heterocycles. The van der Waals surface area contributed by atoms with E-state index in [1.54, 1.807) is 13.1 Å². The van der Waals surface area contributed by atoms with E-state index in [1.165, 1.54) is 40.0 Å². The molecule has 1 amide bonds. The minimum absolute atomic E-state index is 0.168. The van der Waals surface area contributed by atoms with E-state index in [2.05, 4.69) is 52.8 Å². The van der Waals surface area contributed by atoms with Crippen LogP contribution >= 0.6 is 0 Å². The minimum atomic E-state index is -0.184. The second-order valence-electron chi connectivity index (χ2n) is 9.67. The number of aryl methyl sites for hydroxylation is 1. The number of benzene rings is 1. The number of hydrogen-bond donors (Lipinski definition) is 0. The molecule has 0 spiro atoms. The van der Waals surface area contributed by atoms with Gasteiger partial charge in [-0.15, -0.1) is 0 Å². The predicted octanol–water partition coefficient (Wildman–Crippen LogP) is 5.51. The minimum Gasteiger partial charge on any atom is -0.456 e. The van der Waals surface area contributed by atoms with Crippen molar-refractivity contribution in [2.75, 3.05) is 13.6 Å². The smallest absolute Gasteiger partial charge is 0.289 e. The van der Waals surface area contributed by atoms with Crippen molar-refractivity contribution in [3.63, 3.8) is 0 Å². The molecule has 0 atom stereocenters. The van der Waals surface area contributed by atoms with Gasteiger partial charge in [-0.25, -0.2) is 0 Å². The topological polar surface area (TPSA) is 57.2 Å². The number of rotatable bonds is 5. The summed E-state index contributed by atoms with van der Waals surface area (Å²) in [5.74, 6) is 0.937. The van der Waals surface area contributed by atoms with E-state index in [0.717, 1.165) is 5.76 Å². The number of carbonyl (C=O) groups is 1. The third kappa shape index (κ3) is 4.24. The van der Waals surface area contributed by atoms with Gasteiger partial charge in [0.1, 0.15) is 5.76 Å². The van der Waals surface area contributed by atoms with E-state index >= 15 is 0 Å². The molecular weight excluding hydrogens is 360 g/mol. The summed E-state index contributed by atoms with van der Waals surface area (Å²) < 4.78 is 5.87. The van der Waals surface area contributed by atoms with Crippen molar-refractivity contribution in [2.45, 2.75) is 71.1 Å². The maximum atomic E-state index is 12.5. The lowest BCUT2D eigenvalue weighted by Gasteiger charge is -2.42. The number of furan rings is 1. The Hall–Kier alpha value is -2.54. The maximum Gasteiger partial charge on any atom is 0.289 e. The van der Waals surface area contributed by atoms with Crippen LogP contribution in [0.15, 0.2) is 28.7 Å². The summed E-state index contributed by atoms with van der Waals surface area (Å²) in [4.78, 5) is 14.0. The molecule has 154 valence electrons. The van der Waals surface area contributed by atoms with Gasteiger partial charge in [0.05, 0.1) is 12.5 Å². The fourth-order valence-corrected chi connectivity index (χ4v) is 4.24. The van der Waals surface area contributed by atoms with Gasteiger partial charge >= 0.3 is 0 Å². The van der Waals surface area contributed by atoms with Crippen LogP contribution in [0, 0.1) is 18.3 Å². The highest BCUT2D eigenvalue weighted by Gasteiger charge is 2.37. The Morgan fingerprint density at radius 3 is 2.38 bits per heavy atom. The lowest BCUT2D eigenvalue weighted by molar-refractivity contribution is 0.0765. The number of amides is 1. The molecule has 1 aliphatic carbocycles. The number of nitrogens with zero attached hydrogens (tertiary/aromatic N) is 2. The molecule has 3 rings (SSSR count). The molecule has 0 saturated heterocycles. The molecule has 1 aromatic carbocycles. The molecule has 0 saturated carbocycles. The Kier molecular flexibility index (Phi) is 5.63.